The minimum absolute atomic E-state index is 0.0702. The number of amides is 1. The monoisotopic (exact) mass is 399 g/mol. The second-order valence-corrected chi connectivity index (χ2v) is 9.12. The number of aromatic nitrogens is 2. The van der Waals surface area contributed by atoms with Crippen LogP contribution in [0.2, 0.25) is 0 Å². The first kappa shape index (κ1) is 18.9. The van der Waals surface area contributed by atoms with Crippen LogP contribution in [0, 0.1) is 12.3 Å². The fourth-order valence-electron chi connectivity index (χ4n) is 3.75. The number of nitrogens with zero attached hydrogens (tertiary/aromatic N) is 2. The lowest BCUT2D eigenvalue weighted by Gasteiger charge is -2.34. The third-order valence-corrected chi connectivity index (χ3v) is 6.13. The molecule has 28 heavy (non-hydrogen) atoms. The topological polar surface area (TPSA) is 73.2 Å². The van der Waals surface area contributed by atoms with Gasteiger partial charge in [-0.15, -0.1) is 0 Å². The molecule has 6 nitrogen and oxygen atoms in total. The summed E-state index contributed by atoms with van der Waals surface area (Å²) in [5.41, 5.74) is 1.16. The maximum atomic E-state index is 12.8. The van der Waals surface area contributed by atoms with Crippen LogP contribution in [0.15, 0.2) is 44.6 Å². The highest BCUT2D eigenvalue weighted by Crippen LogP contribution is 2.42. The number of fused-ring (bicyclic) bond motifs is 1. The van der Waals surface area contributed by atoms with Gasteiger partial charge >= 0.3 is 0 Å². The van der Waals surface area contributed by atoms with Gasteiger partial charge in [0, 0.05) is 31.4 Å². The molecule has 1 aliphatic rings. The molecule has 3 aromatic heterocycles. The summed E-state index contributed by atoms with van der Waals surface area (Å²) in [6.45, 7) is 6.35. The van der Waals surface area contributed by atoms with Gasteiger partial charge in [-0.2, -0.15) is 0 Å². The highest BCUT2D eigenvalue weighted by molar-refractivity contribution is 7.98. The van der Waals surface area contributed by atoms with Gasteiger partial charge in [-0.1, -0.05) is 25.6 Å². The Balaban J connectivity index is 1.44. The summed E-state index contributed by atoms with van der Waals surface area (Å²) in [7, 11) is 1.95. The van der Waals surface area contributed by atoms with Crippen molar-refractivity contribution in [3.63, 3.8) is 0 Å². The smallest absolute Gasteiger partial charge is 0.287 e. The van der Waals surface area contributed by atoms with Crippen LogP contribution >= 0.6 is 11.8 Å². The van der Waals surface area contributed by atoms with Crippen molar-refractivity contribution < 1.29 is 13.6 Å². The van der Waals surface area contributed by atoms with Crippen molar-refractivity contribution in [1.82, 2.24) is 14.9 Å². The summed E-state index contributed by atoms with van der Waals surface area (Å²) in [6, 6.07) is 5.55. The van der Waals surface area contributed by atoms with Crippen LogP contribution in [-0.4, -0.2) is 15.5 Å². The summed E-state index contributed by atoms with van der Waals surface area (Å²) in [5, 5.41) is 4.05. The van der Waals surface area contributed by atoms with Crippen molar-refractivity contribution in [2.24, 2.45) is 12.5 Å². The largest absolute Gasteiger partial charge is 0.466 e. The Labute approximate surface area is 168 Å². The third-order valence-electron chi connectivity index (χ3n) is 5.05. The first-order valence-corrected chi connectivity index (χ1v) is 10.4. The average Bonchev–Trinajstić information content (AvgIpc) is 3.31. The molecule has 1 atom stereocenters. The Morgan fingerprint density at radius 3 is 2.96 bits per heavy atom. The van der Waals surface area contributed by atoms with Gasteiger partial charge in [-0.05, 0) is 37.0 Å². The van der Waals surface area contributed by atoms with Gasteiger partial charge in [0.1, 0.15) is 17.3 Å². The quantitative estimate of drug-likeness (QED) is 0.632. The maximum Gasteiger partial charge on any atom is 0.287 e. The Morgan fingerprint density at radius 1 is 1.39 bits per heavy atom. The molecule has 0 bridgehead atoms. The molecule has 3 heterocycles. The lowest BCUT2D eigenvalue weighted by molar-refractivity contribution is 0.0887. The first-order valence-electron chi connectivity index (χ1n) is 9.40. The standard InChI is InChI=1S/C21H25N3O3S/c1-13-9-15-16(10-21(2,3)11-18(15)26-13)23-19(25)17-6-5-14(27-17)12-28-20-22-7-8-24(20)4/h5-9,16H,10-12H2,1-4H3,(H,23,25). The van der Waals surface area contributed by atoms with Crippen molar-refractivity contribution in [1.29, 1.82) is 0 Å². The number of hydrogen-bond donors (Lipinski definition) is 1. The van der Waals surface area contributed by atoms with E-state index in [1.807, 2.05) is 36.9 Å². The molecule has 7 heteroatoms. The molecule has 0 fully saturated rings. The molecule has 0 aliphatic heterocycles. The van der Waals surface area contributed by atoms with Gasteiger partial charge < -0.3 is 18.7 Å². The number of aryl methyl sites for hydroxylation is 2. The molecule has 1 N–H and O–H groups in total. The molecule has 0 spiro atoms. The van der Waals surface area contributed by atoms with Crippen LogP contribution in [0.1, 0.15) is 59.7 Å². The Bertz CT molecular complexity index is 998. The van der Waals surface area contributed by atoms with Gasteiger partial charge in [0.25, 0.3) is 5.91 Å². The molecule has 3 aromatic rings. The van der Waals surface area contributed by atoms with E-state index in [1.54, 1.807) is 24.0 Å². The van der Waals surface area contributed by atoms with Crippen molar-refractivity contribution in [2.75, 3.05) is 0 Å². The van der Waals surface area contributed by atoms with E-state index in [0.717, 1.165) is 40.8 Å². The zero-order valence-electron chi connectivity index (χ0n) is 16.6. The van der Waals surface area contributed by atoms with Gasteiger partial charge in [-0.25, -0.2) is 4.98 Å². The summed E-state index contributed by atoms with van der Waals surface area (Å²) in [5.74, 6) is 3.38. The number of thioether (sulfide) groups is 1. The lowest BCUT2D eigenvalue weighted by Crippen LogP contribution is -2.35. The van der Waals surface area contributed by atoms with Gasteiger partial charge in [0.15, 0.2) is 10.9 Å². The molecule has 1 amide bonds. The summed E-state index contributed by atoms with van der Waals surface area (Å²) in [6.07, 6.45) is 5.42. The van der Waals surface area contributed by atoms with E-state index in [-0.39, 0.29) is 17.4 Å². The fourth-order valence-corrected chi connectivity index (χ4v) is 4.57. The predicted molar refractivity (Wildman–Crippen MR) is 107 cm³/mol. The van der Waals surface area contributed by atoms with Gasteiger partial charge in [0.05, 0.1) is 11.8 Å². The summed E-state index contributed by atoms with van der Waals surface area (Å²) in [4.78, 5) is 17.1. The van der Waals surface area contributed by atoms with Crippen LogP contribution in [0.4, 0.5) is 0 Å². The molecular formula is C21H25N3O3S. The second kappa shape index (κ2) is 7.20. The Morgan fingerprint density at radius 2 is 2.21 bits per heavy atom. The van der Waals surface area contributed by atoms with E-state index in [9.17, 15) is 4.79 Å². The molecule has 148 valence electrons. The molecular weight excluding hydrogens is 374 g/mol. The molecule has 1 aliphatic carbocycles. The van der Waals surface area contributed by atoms with Crippen LogP contribution in [-0.2, 0) is 19.2 Å². The van der Waals surface area contributed by atoms with E-state index >= 15 is 0 Å². The van der Waals surface area contributed by atoms with E-state index in [0.29, 0.717) is 11.5 Å². The number of carbonyl (C=O) groups excluding carboxylic acids is 1. The highest BCUT2D eigenvalue weighted by Gasteiger charge is 2.36. The highest BCUT2D eigenvalue weighted by atomic mass is 32.2. The van der Waals surface area contributed by atoms with E-state index in [4.69, 9.17) is 8.83 Å². The number of rotatable bonds is 5. The van der Waals surface area contributed by atoms with E-state index < -0.39 is 0 Å². The predicted octanol–water partition coefficient (Wildman–Crippen LogP) is 4.65. The SMILES string of the molecule is Cc1cc2c(o1)CC(C)(C)CC2NC(=O)c1ccc(CSc2nccn2C)o1. The van der Waals surface area contributed by atoms with Crippen molar-refractivity contribution >= 4 is 17.7 Å². The zero-order valence-corrected chi connectivity index (χ0v) is 17.4. The molecule has 4 rings (SSSR count). The Kier molecular flexibility index (Phi) is 4.87. The molecule has 0 saturated carbocycles. The zero-order chi connectivity index (χ0) is 19.9. The maximum absolute atomic E-state index is 12.8. The van der Waals surface area contributed by atoms with Crippen molar-refractivity contribution in [2.45, 2.75) is 50.6 Å². The van der Waals surface area contributed by atoms with Gasteiger partial charge in [0.2, 0.25) is 0 Å². The van der Waals surface area contributed by atoms with Crippen molar-refractivity contribution in [3.05, 3.63) is 59.2 Å². The summed E-state index contributed by atoms with van der Waals surface area (Å²) < 4.78 is 13.6. The number of nitrogens with one attached hydrogen (secondary N) is 1. The molecule has 0 aromatic carbocycles. The van der Waals surface area contributed by atoms with Crippen LogP contribution in [0.25, 0.3) is 0 Å². The first-order chi connectivity index (χ1) is 13.3. The van der Waals surface area contributed by atoms with Crippen LogP contribution in [0.3, 0.4) is 0 Å². The normalized spacial score (nSPS) is 18.1. The van der Waals surface area contributed by atoms with E-state index in [2.05, 4.69) is 24.1 Å². The van der Waals surface area contributed by atoms with Crippen LogP contribution in [0.5, 0.6) is 0 Å². The number of furan rings is 2. The number of hydrogen-bond acceptors (Lipinski definition) is 5. The average molecular weight is 400 g/mol. The molecule has 0 saturated heterocycles. The van der Waals surface area contributed by atoms with Gasteiger partial charge in [-0.3, -0.25) is 4.79 Å². The van der Waals surface area contributed by atoms with E-state index in [1.165, 1.54) is 0 Å². The second-order valence-electron chi connectivity index (χ2n) is 8.18. The third kappa shape index (κ3) is 3.90. The molecule has 1 unspecified atom stereocenters. The number of imidazole rings is 1. The minimum atomic E-state index is -0.194. The fraction of sp³-hybridized carbons (Fsp3) is 0.429. The van der Waals surface area contributed by atoms with Crippen molar-refractivity contribution in [3.8, 4) is 0 Å². The lowest BCUT2D eigenvalue weighted by atomic mass is 9.74. The Hall–Kier alpha value is -2.41. The van der Waals surface area contributed by atoms with Crippen LogP contribution < -0.4 is 5.32 Å². The summed E-state index contributed by atoms with van der Waals surface area (Å²) >= 11 is 1.57. The minimum Gasteiger partial charge on any atom is -0.466 e. The molecule has 0 radical (unpaired) electrons. The number of carbonyl (C=O) groups is 1.